The molecule has 0 radical (unpaired) electrons. The molecule has 1 aliphatic heterocycles. The summed E-state index contributed by atoms with van der Waals surface area (Å²) in [5.74, 6) is 0.680. The second-order valence-electron chi connectivity index (χ2n) is 6.55. The van der Waals surface area contributed by atoms with Crippen molar-refractivity contribution < 1.29 is 9.84 Å². The van der Waals surface area contributed by atoms with E-state index in [-0.39, 0.29) is 6.61 Å². The van der Waals surface area contributed by atoms with Gasteiger partial charge in [0.05, 0.1) is 17.7 Å². The number of anilines is 1. The van der Waals surface area contributed by atoms with Gasteiger partial charge in [0.1, 0.15) is 12.4 Å². The number of hydrogen-bond donors (Lipinski definition) is 1. The molecule has 5 nitrogen and oxygen atoms in total. The Balaban J connectivity index is 1.35. The number of nitriles is 1. The van der Waals surface area contributed by atoms with Crippen molar-refractivity contribution in [2.45, 2.75) is 12.5 Å². The van der Waals surface area contributed by atoms with E-state index in [1.807, 2.05) is 6.07 Å². The van der Waals surface area contributed by atoms with E-state index in [0.717, 1.165) is 32.7 Å². The van der Waals surface area contributed by atoms with Crippen LogP contribution in [0.1, 0.15) is 12.0 Å². The van der Waals surface area contributed by atoms with Crippen LogP contribution in [0.3, 0.4) is 0 Å². The molecule has 1 aliphatic rings. The fourth-order valence-electron chi connectivity index (χ4n) is 3.10. The van der Waals surface area contributed by atoms with Gasteiger partial charge < -0.3 is 14.7 Å². The second kappa shape index (κ2) is 9.23. The molecular formula is C21H25N3O2. The number of aliphatic hydroxyl groups excluding tert-OH is 1. The maximum atomic E-state index is 10.2. The number of para-hydroxylation sites is 1. The third kappa shape index (κ3) is 5.22. The van der Waals surface area contributed by atoms with E-state index in [4.69, 9.17) is 10.00 Å². The number of piperazine rings is 1. The summed E-state index contributed by atoms with van der Waals surface area (Å²) in [6.07, 6.45) is 0.208. The van der Waals surface area contributed by atoms with E-state index in [2.05, 4.69) is 40.1 Å². The molecule has 0 amide bonds. The number of benzene rings is 2. The predicted molar refractivity (Wildman–Crippen MR) is 102 cm³/mol. The van der Waals surface area contributed by atoms with Crippen molar-refractivity contribution in [3.8, 4) is 11.8 Å². The van der Waals surface area contributed by atoms with Gasteiger partial charge in [-0.15, -0.1) is 0 Å². The van der Waals surface area contributed by atoms with Crippen molar-refractivity contribution in [2.24, 2.45) is 0 Å². The van der Waals surface area contributed by atoms with Crippen LogP contribution >= 0.6 is 0 Å². The highest BCUT2D eigenvalue weighted by Crippen LogP contribution is 2.16. The van der Waals surface area contributed by atoms with Gasteiger partial charge in [0, 0.05) is 38.4 Å². The molecular weight excluding hydrogens is 326 g/mol. The number of aliphatic hydroxyl groups is 1. The Kier molecular flexibility index (Phi) is 6.48. The molecule has 26 heavy (non-hydrogen) atoms. The second-order valence-corrected chi connectivity index (χ2v) is 6.55. The molecule has 0 aliphatic carbocycles. The van der Waals surface area contributed by atoms with Gasteiger partial charge in [-0.1, -0.05) is 18.2 Å². The Morgan fingerprint density at radius 1 is 1.00 bits per heavy atom. The molecule has 1 atom stereocenters. The molecule has 1 saturated heterocycles. The standard InChI is InChI=1S/C21H25N3O2/c22-16-18-6-8-21(9-7-18)26-17-20(25)10-11-23-12-14-24(15-13-23)19-4-2-1-3-5-19/h1-9,20,25H,10-15,17H2. The van der Waals surface area contributed by atoms with E-state index >= 15 is 0 Å². The molecule has 3 rings (SSSR count). The highest BCUT2D eigenvalue weighted by atomic mass is 16.5. The third-order valence-corrected chi connectivity index (χ3v) is 4.70. The highest BCUT2D eigenvalue weighted by molar-refractivity contribution is 5.46. The lowest BCUT2D eigenvalue weighted by Gasteiger charge is -2.36. The van der Waals surface area contributed by atoms with Gasteiger partial charge >= 0.3 is 0 Å². The lowest BCUT2D eigenvalue weighted by Crippen LogP contribution is -2.47. The van der Waals surface area contributed by atoms with Crippen LogP contribution in [-0.4, -0.2) is 55.4 Å². The number of ether oxygens (including phenoxy) is 1. The summed E-state index contributed by atoms with van der Waals surface area (Å²) in [5.41, 5.74) is 1.88. The van der Waals surface area contributed by atoms with Crippen LogP contribution in [0.5, 0.6) is 5.75 Å². The van der Waals surface area contributed by atoms with Crippen LogP contribution in [0.4, 0.5) is 5.69 Å². The number of nitrogens with zero attached hydrogens (tertiary/aromatic N) is 3. The summed E-state index contributed by atoms with van der Waals surface area (Å²) < 4.78 is 5.60. The molecule has 1 unspecified atom stereocenters. The van der Waals surface area contributed by atoms with E-state index < -0.39 is 6.10 Å². The normalized spacial score (nSPS) is 16.1. The summed E-state index contributed by atoms with van der Waals surface area (Å²) in [4.78, 5) is 4.80. The van der Waals surface area contributed by atoms with Gasteiger partial charge in [0.2, 0.25) is 0 Å². The minimum Gasteiger partial charge on any atom is -0.491 e. The van der Waals surface area contributed by atoms with Crippen LogP contribution < -0.4 is 9.64 Å². The van der Waals surface area contributed by atoms with E-state index in [1.165, 1.54) is 5.69 Å². The lowest BCUT2D eigenvalue weighted by atomic mass is 10.2. The van der Waals surface area contributed by atoms with Gasteiger partial charge in [-0.2, -0.15) is 5.26 Å². The number of rotatable bonds is 7. The average Bonchev–Trinajstić information content (AvgIpc) is 2.72. The summed E-state index contributed by atoms with van der Waals surface area (Å²) in [6.45, 7) is 5.20. The summed E-state index contributed by atoms with van der Waals surface area (Å²) >= 11 is 0. The van der Waals surface area contributed by atoms with Crippen molar-refractivity contribution in [3.63, 3.8) is 0 Å². The quantitative estimate of drug-likeness (QED) is 0.831. The summed E-state index contributed by atoms with van der Waals surface area (Å²) in [7, 11) is 0. The smallest absolute Gasteiger partial charge is 0.119 e. The van der Waals surface area contributed by atoms with Crippen LogP contribution in [0, 0.1) is 11.3 Å². The van der Waals surface area contributed by atoms with Crippen molar-refractivity contribution >= 4 is 5.69 Å². The Bertz CT molecular complexity index is 704. The molecule has 2 aromatic rings. The minimum atomic E-state index is -0.488. The van der Waals surface area contributed by atoms with Crippen LogP contribution in [0.15, 0.2) is 54.6 Å². The number of hydrogen-bond acceptors (Lipinski definition) is 5. The molecule has 136 valence electrons. The van der Waals surface area contributed by atoms with Crippen LogP contribution in [0.25, 0.3) is 0 Å². The van der Waals surface area contributed by atoms with Gasteiger partial charge in [0.15, 0.2) is 0 Å². The molecule has 2 aromatic carbocycles. The molecule has 0 spiro atoms. The van der Waals surface area contributed by atoms with E-state index in [9.17, 15) is 5.11 Å². The highest BCUT2D eigenvalue weighted by Gasteiger charge is 2.18. The first kappa shape index (κ1) is 18.2. The van der Waals surface area contributed by atoms with Gasteiger partial charge in [0.25, 0.3) is 0 Å². The van der Waals surface area contributed by atoms with Crippen LogP contribution in [-0.2, 0) is 0 Å². The first-order valence-corrected chi connectivity index (χ1v) is 9.08. The van der Waals surface area contributed by atoms with E-state index in [0.29, 0.717) is 17.7 Å². The average molecular weight is 351 g/mol. The zero-order chi connectivity index (χ0) is 18.2. The summed E-state index contributed by atoms with van der Waals surface area (Å²) in [5, 5.41) is 18.9. The molecule has 1 heterocycles. The zero-order valence-electron chi connectivity index (χ0n) is 14.9. The largest absolute Gasteiger partial charge is 0.491 e. The SMILES string of the molecule is N#Cc1ccc(OCC(O)CCN2CCN(c3ccccc3)CC2)cc1. The molecule has 1 fully saturated rings. The van der Waals surface area contributed by atoms with Crippen molar-refractivity contribution in [3.05, 3.63) is 60.2 Å². The van der Waals surface area contributed by atoms with Gasteiger partial charge in [-0.05, 0) is 42.8 Å². The van der Waals surface area contributed by atoms with Gasteiger partial charge in [-0.3, -0.25) is 4.90 Å². The topological polar surface area (TPSA) is 59.7 Å². The van der Waals surface area contributed by atoms with Crippen molar-refractivity contribution in [1.82, 2.24) is 4.90 Å². The zero-order valence-corrected chi connectivity index (χ0v) is 14.9. The fraction of sp³-hybridized carbons (Fsp3) is 0.381. The molecule has 0 saturated carbocycles. The Labute approximate surface area is 155 Å². The minimum absolute atomic E-state index is 0.274. The molecule has 0 aromatic heterocycles. The maximum absolute atomic E-state index is 10.2. The monoisotopic (exact) mass is 351 g/mol. The molecule has 1 N–H and O–H groups in total. The van der Waals surface area contributed by atoms with Crippen molar-refractivity contribution in [1.29, 1.82) is 5.26 Å². The fourth-order valence-corrected chi connectivity index (χ4v) is 3.10. The Morgan fingerprint density at radius 2 is 1.69 bits per heavy atom. The maximum Gasteiger partial charge on any atom is 0.119 e. The molecule has 5 heteroatoms. The lowest BCUT2D eigenvalue weighted by molar-refractivity contribution is 0.0866. The van der Waals surface area contributed by atoms with Gasteiger partial charge in [-0.25, -0.2) is 0 Å². The summed E-state index contributed by atoms with van der Waals surface area (Å²) in [6, 6.07) is 19.5. The van der Waals surface area contributed by atoms with Crippen LogP contribution in [0.2, 0.25) is 0 Å². The van der Waals surface area contributed by atoms with E-state index in [1.54, 1.807) is 24.3 Å². The first-order valence-electron chi connectivity index (χ1n) is 9.08. The van der Waals surface area contributed by atoms with Crippen molar-refractivity contribution in [2.75, 3.05) is 44.2 Å². The Hall–Kier alpha value is -2.55. The molecule has 0 bridgehead atoms. The third-order valence-electron chi connectivity index (χ3n) is 4.70. The Morgan fingerprint density at radius 3 is 2.35 bits per heavy atom. The first-order chi connectivity index (χ1) is 12.7. The predicted octanol–water partition coefficient (Wildman–Crippen LogP) is 2.51.